The van der Waals surface area contributed by atoms with E-state index in [0.717, 1.165) is 19.4 Å². The Morgan fingerprint density at radius 2 is 2.38 bits per heavy atom. The number of methoxy groups -OCH3 is 1. The molecule has 0 amide bonds. The van der Waals surface area contributed by atoms with E-state index < -0.39 is 0 Å². The molecule has 1 aromatic rings. The lowest BCUT2D eigenvalue weighted by atomic mass is 9.98. The van der Waals surface area contributed by atoms with Gasteiger partial charge in [-0.15, -0.1) is 0 Å². The van der Waals surface area contributed by atoms with Gasteiger partial charge in [-0.1, -0.05) is 6.92 Å². The van der Waals surface area contributed by atoms with Gasteiger partial charge in [0.05, 0.1) is 17.1 Å². The first-order chi connectivity index (χ1) is 10.0. The molecule has 1 aromatic heterocycles. The van der Waals surface area contributed by atoms with Crippen molar-refractivity contribution in [3.8, 4) is 0 Å². The van der Waals surface area contributed by atoms with Gasteiger partial charge in [-0.25, -0.2) is 4.68 Å². The normalized spacial score (nSPS) is 21.7. The Morgan fingerprint density at radius 1 is 1.62 bits per heavy atom. The second-order valence-electron chi connectivity index (χ2n) is 5.48. The molecule has 0 spiro atoms. The molecule has 118 valence electrons. The second-order valence-corrected chi connectivity index (χ2v) is 5.48. The molecule has 1 unspecified atom stereocenters. The number of nitro groups is 1. The van der Waals surface area contributed by atoms with Crippen LogP contribution in [0.4, 0.5) is 11.5 Å². The topological polar surface area (TPSA) is 94.2 Å². The largest absolute Gasteiger partial charge is 0.383 e. The number of hydrogen-bond acceptors (Lipinski definition) is 6. The average molecular weight is 297 g/mol. The van der Waals surface area contributed by atoms with Crippen LogP contribution in [-0.2, 0) is 18.2 Å². The monoisotopic (exact) mass is 297 g/mol. The minimum atomic E-state index is -0.362. The fourth-order valence-electron chi connectivity index (χ4n) is 2.92. The van der Waals surface area contributed by atoms with Gasteiger partial charge in [0.25, 0.3) is 0 Å². The summed E-state index contributed by atoms with van der Waals surface area (Å²) < 4.78 is 6.84. The maximum atomic E-state index is 11.3. The molecule has 0 bridgehead atoms. The Morgan fingerprint density at radius 3 is 2.90 bits per heavy atom. The van der Waals surface area contributed by atoms with Crippen molar-refractivity contribution in [1.82, 2.24) is 15.1 Å². The third-order valence-electron chi connectivity index (χ3n) is 3.96. The van der Waals surface area contributed by atoms with Crippen molar-refractivity contribution in [3.63, 3.8) is 0 Å². The maximum Gasteiger partial charge on any atom is 0.333 e. The third-order valence-corrected chi connectivity index (χ3v) is 3.96. The number of nitrogens with zero attached hydrogens (tertiary/aromatic N) is 3. The number of hydrogen-bond donors (Lipinski definition) is 2. The highest BCUT2D eigenvalue weighted by molar-refractivity contribution is 5.60. The third kappa shape index (κ3) is 3.16. The Balaban J connectivity index is 2.19. The maximum absolute atomic E-state index is 11.3. The van der Waals surface area contributed by atoms with E-state index in [0.29, 0.717) is 31.1 Å². The van der Waals surface area contributed by atoms with Crippen molar-refractivity contribution in [2.75, 3.05) is 32.1 Å². The van der Waals surface area contributed by atoms with E-state index in [1.165, 1.54) is 0 Å². The zero-order valence-corrected chi connectivity index (χ0v) is 12.8. The predicted octanol–water partition coefficient (Wildman–Crippen LogP) is 1.07. The number of aromatic nitrogens is 2. The van der Waals surface area contributed by atoms with Gasteiger partial charge in [-0.3, -0.25) is 10.1 Å². The van der Waals surface area contributed by atoms with E-state index in [2.05, 4.69) is 15.7 Å². The molecule has 8 heteroatoms. The van der Waals surface area contributed by atoms with E-state index >= 15 is 0 Å². The highest BCUT2D eigenvalue weighted by Gasteiger charge is 2.35. The highest BCUT2D eigenvalue weighted by Crippen LogP contribution is 2.29. The van der Waals surface area contributed by atoms with Crippen molar-refractivity contribution < 1.29 is 9.66 Å². The molecule has 21 heavy (non-hydrogen) atoms. The van der Waals surface area contributed by atoms with E-state index in [-0.39, 0.29) is 16.1 Å². The summed E-state index contributed by atoms with van der Waals surface area (Å²) >= 11 is 0. The van der Waals surface area contributed by atoms with E-state index in [1.807, 2.05) is 6.92 Å². The molecule has 2 heterocycles. The van der Waals surface area contributed by atoms with Crippen LogP contribution in [0.1, 0.15) is 25.5 Å². The van der Waals surface area contributed by atoms with Gasteiger partial charge in [0, 0.05) is 20.7 Å². The lowest BCUT2D eigenvalue weighted by Gasteiger charge is -2.29. The Bertz CT molecular complexity index is 508. The number of nitrogens with one attached hydrogen (secondary N) is 2. The molecule has 2 N–H and O–H groups in total. The van der Waals surface area contributed by atoms with Crippen LogP contribution in [-0.4, -0.2) is 47.0 Å². The number of rotatable bonds is 7. The van der Waals surface area contributed by atoms with Crippen molar-refractivity contribution in [2.45, 2.75) is 31.7 Å². The molecule has 1 aliphatic heterocycles. The van der Waals surface area contributed by atoms with Crippen molar-refractivity contribution in [1.29, 1.82) is 0 Å². The van der Waals surface area contributed by atoms with Crippen LogP contribution in [0.5, 0.6) is 0 Å². The molecule has 0 aliphatic carbocycles. The summed E-state index contributed by atoms with van der Waals surface area (Å²) in [4.78, 5) is 10.9. The fraction of sp³-hybridized carbons (Fsp3) is 0.769. The summed E-state index contributed by atoms with van der Waals surface area (Å²) in [5, 5.41) is 22.2. The zero-order chi connectivity index (χ0) is 15.5. The van der Waals surface area contributed by atoms with Gasteiger partial charge in [0.15, 0.2) is 0 Å². The minimum Gasteiger partial charge on any atom is -0.383 e. The molecular weight excluding hydrogens is 274 g/mol. The van der Waals surface area contributed by atoms with Crippen molar-refractivity contribution in [3.05, 3.63) is 15.8 Å². The SMILES string of the molecule is CCc1nn(C)c(NCC2(COC)CCCN2)c1[N+](=O)[O-]. The summed E-state index contributed by atoms with van der Waals surface area (Å²) in [7, 11) is 3.39. The fourth-order valence-corrected chi connectivity index (χ4v) is 2.92. The summed E-state index contributed by atoms with van der Waals surface area (Å²) in [5.41, 5.74) is 0.412. The van der Waals surface area contributed by atoms with Gasteiger partial charge in [-0.2, -0.15) is 5.10 Å². The van der Waals surface area contributed by atoms with Crippen LogP contribution in [0.25, 0.3) is 0 Å². The molecule has 0 saturated carbocycles. The Kier molecular flexibility index (Phi) is 4.79. The predicted molar refractivity (Wildman–Crippen MR) is 79.6 cm³/mol. The summed E-state index contributed by atoms with van der Waals surface area (Å²) in [6, 6.07) is 0. The smallest absolute Gasteiger partial charge is 0.333 e. The molecule has 8 nitrogen and oxygen atoms in total. The van der Waals surface area contributed by atoms with E-state index in [1.54, 1.807) is 18.8 Å². The molecule has 2 rings (SSSR count). The molecular formula is C13H23N5O3. The first-order valence-electron chi connectivity index (χ1n) is 7.21. The van der Waals surface area contributed by atoms with E-state index in [9.17, 15) is 10.1 Å². The van der Waals surface area contributed by atoms with Gasteiger partial charge in [-0.05, 0) is 25.8 Å². The van der Waals surface area contributed by atoms with Crippen LogP contribution in [0, 0.1) is 10.1 Å². The van der Waals surface area contributed by atoms with Crippen molar-refractivity contribution >= 4 is 11.5 Å². The molecule has 1 fully saturated rings. The van der Waals surface area contributed by atoms with Crippen LogP contribution < -0.4 is 10.6 Å². The number of anilines is 1. The Labute approximate surface area is 124 Å². The summed E-state index contributed by atoms with van der Waals surface area (Å²) in [6.45, 7) is 3.96. The van der Waals surface area contributed by atoms with Gasteiger partial charge in [0.1, 0.15) is 5.69 Å². The van der Waals surface area contributed by atoms with Gasteiger partial charge >= 0.3 is 5.69 Å². The highest BCUT2D eigenvalue weighted by atomic mass is 16.6. The lowest BCUT2D eigenvalue weighted by Crippen LogP contribution is -2.49. The van der Waals surface area contributed by atoms with Crippen LogP contribution in [0.15, 0.2) is 0 Å². The number of aryl methyl sites for hydroxylation is 2. The zero-order valence-electron chi connectivity index (χ0n) is 12.8. The van der Waals surface area contributed by atoms with Crippen LogP contribution >= 0.6 is 0 Å². The molecule has 1 aliphatic rings. The summed E-state index contributed by atoms with van der Waals surface area (Å²) in [5.74, 6) is 0.459. The molecule has 0 radical (unpaired) electrons. The minimum absolute atomic E-state index is 0.0746. The second kappa shape index (κ2) is 6.40. The summed E-state index contributed by atoms with van der Waals surface area (Å²) in [6.07, 6.45) is 2.60. The standard InChI is InChI=1S/C13H23N5O3/c1-4-10-11(18(19)20)12(17(2)16-10)14-8-13(9-21-3)6-5-7-15-13/h14-15H,4-9H2,1-3H3. The van der Waals surface area contributed by atoms with Gasteiger partial charge in [0.2, 0.25) is 5.82 Å². The average Bonchev–Trinajstić information content (AvgIpc) is 3.02. The number of ether oxygens (including phenoxy) is 1. The first-order valence-corrected chi connectivity index (χ1v) is 7.21. The lowest BCUT2D eigenvalue weighted by molar-refractivity contribution is -0.384. The molecule has 1 atom stereocenters. The molecule has 0 aromatic carbocycles. The quantitative estimate of drug-likeness (QED) is 0.577. The van der Waals surface area contributed by atoms with Crippen LogP contribution in [0.3, 0.4) is 0 Å². The van der Waals surface area contributed by atoms with Crippen LogP contribution in [0.2, 0.25) is 0 Å². The van der Waals surface area contributed by atoms with Crippen molar-refractivity contribution in [2.24, 2.45) is 7.05 Å². The first kappa shape index (κ1) is 15.7. The molecule has 1 saturated heterocycles. The van der Waals surface area contributed by atoms with Gasteiger partial charge < -0.3 is 15.4 Å². The van der Waals surface area contributed by atoms with E-state index in [4.69, 9.17) is 4.74 Å². The Hall–Kier alpha value is -1.67.